The number of anilines is 1. The number of pyridine rings is 2. The van der Waals surface area contributed by atoms with Crippen molar-refractivity contribution in [3.05, 3.63) is 59.5 Å². The third kappa shape index (κ3) is 3.97. The lowest BCUT2D eigenvalue weighted by Gasteiger charge is -2.14. The molecule has 1 aromatic carbocycles. The molecule has 0 spiro atoms. The van der Waals surface area contributed by atoms with Gasteiger partial charge in [-0.15, -0.1) is 0 Å². The van der Waals surface area contributed by atoms with Crippen molar-refractivity contribution in [2.75, 3.05) is 25.1 Å². The van der Waals surface area contributed by atoms with Crippen molar-refractivity contribution in [3.63, 3.8) is 0 Å². The molecule has 28 heavy (non-hydrogen) atoms. The van der Waals surface area contributed by atoms with Gasteiger partial charge in [-0.1, -0.05) is 6.07 Å². The standard InChI is InChI=1S/C22H23N3O3/c1-14-10-18(25-21(26)19-5-3-4-15(2)24-19)11-17-6-8-23-22(20(14)17)28-13-16-7-9-27-12-16/h3-6,8,10-11,16H,7,9,12-13H2,1-2H3,(H,25,26). The maximum Gasteiger partial charge on any atom is 0.274 e. The maximum absolute atomic E-state index is 12.5. The maximum atomic E-state index is 12.5. The SMILES string of the molecule is Cc1cccc(C(=O)Nc2cc(C)c3c(OCC4CCOC4)nccc3c2)n1. The highest BCUT2D eigenvalue weighted by Gasteiger charge is 2.18. The number of nitrogens with one attached hydrogen (secondary N) is 1. The van der Waals surface area contributed by atoms with Crippen LogP contribution in [0.25, 0.3) is 10.8 Å². The van der Waals surface area contributed by atoms with Crippen molar-refractivity contribution in [2.45, 2.75) is 20.3 Å². The number of carbonyl (C=O) groups excluding carboxylic acids is 1. The third-order valence-corrected chi connectivity index (χ3v) is 4.88. The van der Waals surface area contributed by atoms with E-state index in [0.29, 0.717) is 24.1 Å². The van der Waals surface area contributed by atoms with Gasteiger partial charge in [0.05, 0.1) is 13.2 Å². The number of benzene rings is 1. The molecular formula is C22H23N3O3. The quantitative estimate of drug-likeness (QED) is 0.730. The summed E-state index contributed by atoms with van der Waals surface area (Å²) >= 11 is 0. The van der Waals surface area contributed by atoms with E-state index in [9.17, 15) is 4.79 Å². The Morgan fingerprint density at radius 3 is 2.96 bits per heavy atom. The molecular weight excluding hydrogens is 354 g/mol. The number of rotatable bonds is 5. The van der Waals surface area contributed by atoms with Crippen LogP contribution in [0.15, 0.2) is 42.6 Å². The van der Waals surface area contributed by atoms with Crippen LogP contribution >= 0.6 is 0 Å². The first-order valence-corrected chi connectivity index (χ1v) is 9.45. The van der Waals surface area contributed by atoms with E-state index in [-0.39, 0.29) is 5.91 Å². The number of nitrogens with zero attached hydrogens (tertiary/aromatic N) is 2. The Hall–Kier alpha value is -2.99. The molecule has 1 aliphatic heterocycles. The molecule has 144 valence electrons. The van der Waals surface area contributed by atoms with E-state index in [4.69, 9.17) is 9.47 Å². The summed E-state index contributed by atoms with van der Waals surface area (Å²) < 4.78 is 11.4. The smallest absolute Gasteiger partial charge is 0.274 e. The van der Waals surface area contributed by atoms with Crippen molar-refractivity contribution in [3.8, 4) is 5.88 Å². The predicted octanol–water partition coefficient (Wildman–Crippen LogP) is 3.91. The molecule has 2 aromatic heterocycles. The summed E-state index contributed by atoms with van der Waals surface area (Å²) in [6, 6.07) is 11.2. The second kappa shape index (κ2) is 7.94. The average molecular weight is 377 g/mol. The number of aromatic nitrogens is 2. The molecule has 0 radical (unpaired) electrons. The number of aryl methyl sites for hydroxylation is 2. The largest absolute Gasteiger partial charge is 0.477 e. The number of hydrogen-bond acceptors (Lipinski definition) is 5. The van der Waals surface area contributed by atoms with Crippen LogP contribution in [0, 0.1) is 19.8 Å². The number of ether oxygens (including phenoxy) is 2. The molecule has 4 rings (SSSR count). The van der Waals surface area contributed by atoms with Gasteiger partial charge in [-0.05, 0) is 61.5 Å². The van der Waals surface area contributed by atoms with Crippen molar-refractivity contribution < 1.29 is 14.3 Å². The molecule has 0 saturated carbocycles. The molecule has 1 N–H and O–H groups in total. The summed E-state index contributed by atoms with van der Waals surface area (Å²) in [5.41, 5.74) is 2.92. The van der Waals surface area contributed by atoms with Crippen LogP contribution in [-0.2, 0) is 4.74 Å². The zero-order chi connectivity index (χ0) is 19.5. The zero-order valence-electron chi connectivity index (χ0n) is 16.1. The highest BCUT2D eigenvalue weighted by molar-refractivity contribution is 6.04. The Bertz CT molecular complexity index is 1010. The van der Waals surface area contributed by atoms with Gasteiger partial charge in [0.1, 0.15) is 5.69 Å². The lowest BCUT2D eigenvalue weighted by atomic mass is 10.1. The molecule has 6 heteroatoms. The van der Waals surface area contributed by atoms with E-state index in [1.165, 1.54) is 0 Å². The van der Waals surface area contributed by atoms with Gasteiger partial charge >= 0.3 is 0 Å². The van der Waals surface area contributed by atoms with Crippen LogP contribution in [0.5, 0.6) is 5.88 Å². The molecule has 1 fully saturated rings. The Balaban J connectivity index is 1.57. The topological polar surface area (TPSA) is 73.3 Å². The van der Waals surface area contributed by atoms with E-state index in [1.54, 1.807) is 12.3 Å². The average Bonchev–Trinajstić information content (AvgIpc) is 3.19. The molecule has 1 saturated heterocycles. The molecule has 0 bridgehead atoms. The Labute approximate surface area is 163 Å². The van der Waals surface area contributed by atoms with Gasteiger partial charge in [0, 0.05) is 35.5 Å². The van der Waals surface area contributed by atoms with Gasteiger partial charge in [-0.25, -0.2) is 9.97 Å². The van der Waals surface area contributed by atoms with Gasteiger partial charge in [0.2, 0.25) is 5.88 Å². The van der Waals surface area contributed by atoms with E-state index >= 15 is 0 Å². The summed E-state index contributed by atoms with van der Waals surface area (Å²) in [6.07, 6.45) is 2.75. The fourth-order valence-corrected chi connectivity index (χ4v) is 3.45. The minimum atomic E-state index is -0.228. The minimum absolute atomic E-state index is 0.228. The summed E-state index contributed by atoms with van der Waals surface area (Å²) in [4.78, 5) is 21.2. The van der Waals surface area contributed by atoms with E-state index in [0.717, 1.165) is 47.4 Å². The lowest BCUT2D eigenvalue weighted by molar-refractivity contribution is 0.102. The van der Waals surface area contributed by atoms with Gasteiger partial charge in [0.25, 0.3) is 5.91 Å². The first-order valence-electron chi connectivity index (χ1n) is 9.45. The summed E-state index contributed by atoms with van der Waals surface area (Å²) in [7, 11) is 0. The highest BCUT2D eigenvalue weighted by atomic mass is 16.5. The van der Waals surface area contributed by atoms with E-state index < -0.39 is 0 Å². The lowest BCUT2D eigenvalue weighted by Crippen LogP contribution is -2.14. The summed E-state index contributed by atoms with van der Waals surface area (Å²) in [6.45, 7) is 6.00. The van der Waals surface area contributed by atoms with Crippen LogP contribution in [0.1, 0.15) is 28.2 Å². The van der Waals surface area contributed by atoms with Crippen molar-refractivity contribution in [1.82, 2.24) is 9.97 Å². The van der Waals surface area contributed by atoms with Crippen LogP contribution < -0.4 is 10.1 Å². The fraction of sp³-hybridized carbons (Fsp3) is 0.318. The van der Waals surface area contributed by atoms with Crippen molar-refractivity contribution in [1.29, 1.82) is 0 Å². The Kier molecular flexibility index (Phi) is 5.21. The van der Waals surface area contributed by atoms with Gasteiger partial charge in [-0.3, -0.25) is 4.79 Å². The second-order valence-electron chi connectivity index (χ2n) is 7.17. The minimum Gasteiger partial charge on any atom is -0.477 e. The van der Waals surface area contributed by atoms with Gasteiger partial charge < -0.3 is 14.8 Å². The molecule has 3 heterocycles. The molecule has 6 nitrogen and oxygen atoms in total. The summed E-state index contributed by atoms with van der Waals surface area (Å²) in [5.74, 6) is 0.812. The van der Waals surface area contributed by atoms with Crippen LogP contribution in [-0.4, -0.2) is 35.7 Å². The van der Waals surface area contributed by atoms with Crippen molar-refractivity contribution >= 4 is 22.4 Å². The number of amides is 1. The molecule has 1 atom stereocenters. The summed E-state index contributed by atoms with van der Waals surface area (Å²) in [5, 5.41) is 4.87. The monoisotopic (exact) mass is 377 g/mol. The third-order valence-electron chi connectivity index (χ3n) is 4.88. The van der Waals surface area contributed by atoms with Crippen LogP contribution in [0.2, 0.25) is 0 Å². The molecule has 1 aliphatic rings. The predicted molar refractivity (Wildman–Crippen MR) is 108 cm³/mol. The normalized spacial score (nSPS) is 16.3. The Morgan fingerprint density at radius 2 is 2.18 bits per heavy atom. The molecule has 1 amide bonds. The first-order chi connectivity index (χ1) is 13.6. The van der Waals surface area contributed by atoms with Crippen molar-refractivity contribution in [2.24, 2.45) is 5.92 Å². The van der Waals surface area contributed by atoms with Crippen LogP contribution in [0.4, 0.5) is 5.69 Å². The number of carbonyl (C=O) groups is 1. The molecule has 1 unspecified atom stereocenters. The second-order valence-corrected chi connectivity index (χ2v) is 7.17. The fourth-order valence-electron chi connectivity index (χ4n) is 3.45. The van der Waals surface area contributed by atoms with Gasteiger partial charge in [-0.2, -0.15) is 0 Å². The first kappa shape index (κ1) is 18.4. The van der Waals surface area contributed by atoms with Crippen LogP contribution in [0.3, 0.4) is 0 Å². The Morgan fingerprint density at radius 1 is 1.29 bits per heavy atom. The van der Waals surface area contributed by atoms with E-state index in [1.807, 2.05) is 44.2 Å². The molecule has 0 aliphatic carbocycles. The van der Waals surface area contributed by atoms with Gasteiger partial charge in [0.15, 0.2) is 0 Å². The van der Waals surface area contributed by atoms with E-state index in [2.05, 4.69) is 15.3 Å². The molecule has 3 aromatic rings. The number of hydrogen-bond donors (Lipinski definition) is 1. The highest BCUT2D eigenvalue weighted by Crippen LogP contribution is 2.30. The number of fused-ring (bicyclic) bond motifs is 1. The zero-order valence-corrected chi connectivity index (χ0v) is 16.1.